The lowest BCUT2D eigenvalue weighted by atomic mass is 10.0. The smallest absolute Gasteiger partial charge is 0.419 e. The van der Waals surface area contributed by atoms with E-state index in [4.69, 9.17) is 4.42 Å². The van der Waals surface area contributed by atoms with Gasteiger partial charge in [0.1, 0.15) is 17.0 Å². The molecule has 2 aromatic carbocycles. The topological polar surface area (TPSA) is 26.0 Å². The molecule has 0 unspecified atom stereocenters. The second kappa shape index (κ2) is 7.05. The summed E-state index contributed by atoms with van der Waals surface area (Å²) in [6.45, 7) is 4.32. The summed E-state index contributed by atoms with van der Waals surface area (Å²) >= 11 is 1.66. The molecule has 158 valence electrons. The monoisotopic (exact) mass is 443 g/mol. The van der Waals surface area contributed by atoms with Crippen molar-refractivity contribution >= 4 is 43.4 Å². The van der Waals surface area contributed by atoms with Crippen molar-refractivity contribution in [1.29, 1.82) is 0 Å². The third kappa shape index (κ3) is 3.37. The first-order chi connectivity index (χ1) is 14.7. The van der Waals surface area contributed by atoms with Crippen LogP contribution in [0.25, 0.3) is 43.3 Å². The number of alkyl halides is 3. The number of para-hydroxylation sites is 1. The van der Waals surface area contributed by atoms with Crippen LogP contribution in [-0.2, 0) is 12.6 Å². The third-order valence-electron chi connectivity index (χ3n) is 5.24. The van der Waals surface area contributed by atoms with Gasteiger partial charge in [-0.05, 0) is 48.1 Å². The highest BCUT2D eigenvalue weighted by atomic mass is 32.1. The molecule has 3 aromatic heterocycles. The SMILES string of the molecule is CC(C)Cc1cc2ccnc(-c3cccc4c3oc3cc(C(F)(F)F)c(F)cc34)c2s1. The Morgan fingerprint density at radius 2 is 1.87 bits per heavy atom. The lowest BCUT2D eigenvalue weighted by Gasteiger charge is -2.07. The maximum atomic E-state index is 14.2. The van der Waals surface area contributed by atoms with Crippen molar-refractivity contribution in [1.82, 2.24) is 4.98 Å². The molecule has 0 fully saturated rings. The van der Waals surface area contributed by atoms with Crippen molar-refractivity contribution in [3.8, 4) is 11.3 Å². The van der Waals surface area contributed by atoms with Crippen molar-refractivity contribution in [3.63, 3.8) is 0 Å². The number of benzene rings is 2. The van der Waals surface area contributed by atoms with Gasteiger partial charge in [-0.2, -0.15) is 13.2 Å². The number of thiophene rings is 1. The van der Waals surface area contributed by atoms with Crippen molar-refractivity contribution in [2.75, 3.05) is 0 Å². The largest absolute Gasteiger partial charge is 0.455 e. The minimum atomic E-state index is -4.79. The van der Waals surface area contributed by atoms with Crippen molar-refractivity contribution in [3.05, 3.63) is 64.9 Å². The van der Waals surface area contributed by atoms with E-state index < -0.39 is 17.6 Å². The highest BCUT2D eigenvalue weighted by Crippen LogP contribution is 2.42. The highest BCUT2D eigenvalue weighted by molar-refractivity contribution is 7.19. The first-order valence-corrected chi connectivity index (χ1v) is 10.6. The van der Waals surface area contributed by atoms with Crippen LogP contribution in [0.15, 0.2) is 53.1 Å². The molecule has 5 aromatic rings. The highest BCUT2D eigenvalue weighted by Gasteiger charge is 2.35. The molecule has 5 rings (SSSR count). The van der Waals surface area contributed by atoms with E-state index in [0.717, 1.165) is 28.6 Å². The van der Waals surface area contributed by atoms with Crippen LogP contribution in [0, 0.1) is 11.7 Å². The van der Waals surface area contributed by atoms with Crippen LogP contribution in [0.3, 0.4) is 0 Å². The molecule has 0 N–H and O–H groups in total. The predicted molar refractivity (Wildman–Crippen MR) is 116 cm³/mol. The summed E-state index contributed by atoms with van der Waals surface area (Å²) in [7, 11) is 0. The minimum absolute atomic E-state index is 0.00461. The number of hydrogen-bond donors (Lipinski definition) is 0. The minimum Gasteiger partial charge on any atom is -0.455 e. The van der Waals surface area contributed by atoms with E-state index >= 15 is 0 Å². The van der Waals surface area contributed by atoms with E-state index in [2.05, 4.69) is 24.9 Å². The molecule has 0 amide bonds. The maximum absolute atomic E-state index is 14.2. The number of halogens is 4. The Labute approximate surface area is 179 Å². The van der Waals surface area contributed by atoms with Gasteiger partial charge in [-0.3, -0.25) is 4.98 Å². The van der Waals surface area contributed by atoms with E-state index in [0.29, 0.717) is 33.5 Å². The van der Waals surface area contributed by atoms with E-state index in [1.165, 1.54) is 4.88 Å². The van der Waals surface area contributed by atoms with Crippen LogP contribution in [0.2, 0.25) is 0 Å². The molecule has 0 aliphatic heterocycles. The summed E-state index contributed by atoms with van der Waals surface area (Å²) in [4.78, 5) is 5.80. The molecule has 0 saturated carbocycles. The van der Waals surface area contributed by atoms with Crippen LogP contribution in [0.4, 0.5) is 17.6 Å². The van der Waals surface area contributed by atoms with Crippen LogP contribution >= 0.6 is 11.3 Å². The standard InChI is InChI=1S/C24H17F4NOS/c1-12(2)8-14-9-13-6-7-29-21(23(13)31-14)16-5-3-4-15-17-10-19(25)18(24(26,27)28)11-20(17)30-22(15)16/h3-7,9-12H,8H2,1-2H3. The number of fused-ring (bicyclic) bond motifs is 4. The summed E-state index contributed by atoms with van der Waals surface area (Å²) < 4.78 is 60.5. The van der Waals surface area contributed by atoms with Crippen molar-refractivity contribution < 1.29 is 22.0 Å². The van der Waals surface area contributed by atoms with Crippen molar-refractivity contribution in [2.45, 2.75) is 26.4 Å². The second-order valence-electron chi connectivity index (χ2n) is 8.00. The number of furan rings is 1. The fourth-order valence-corrected chi connectivity index (χ4v) is 5.30. The van der Waals surface area contributed by atoms with Gasteiger partial charge in [0, 0.05) is 27.4 Å². The maximum Gasteiger partial charge on any atom is 0.419 e. The number of hydrogen-bond acceptors (Lipinski definition) is 3. The van der Waals surface area contributed by atoms with Gasteiger partial charge in [0.15, 0.2) is 0 Å². The van der Waals surface area contributed by atoms with Gasteiger partial charge in [-0.15, -0.1) is 11.3 Å². The second-order valence-corrected chi connectivity index (χ2v) is 9.14. The Balaban J connectivity index is 1.76. The van der Waals surface area contributed by atoms with Crippen LogP contribution in [-0.4, -0.2) is 4.98 Å². The van der Waals surface area contributed by atoms with Crippen molar-refractivity contribution in [2.24, 2.45) is 5.92 Å². The molecular weight excluding hydrogens is 426 g/mol. The lowest BCUT2D eigenvalue weighted by Crippen LogP contribution is -2.07. The zero-order valence-electron chi connectivity index (χ0n) is 16.7. The molecule has 0 aliphatic rings. The molecule has 0 atom stereocenters. The predicted octanol–water partition coefficient (Wildman–Crippen LogP) is 8.22. The zero-order chi connectivity index (χ0) is 21.9. The molecule has 0 radical (unpaired) electrons. The zero-order valence-corrected chi connectivity index (χ0v) is 17.5. The summed E-state index contributed by atoms with van der Waals surface area (Å²) in [6, 6.07) is 11.1. The fraction of sp³-hybridized carbons (Fsp3) is 0.208. The van der Waals surface area contributed by atoms with Gasteiger partial charge >= 0.3 is 6.18 Å². The Kier molecular flexibility index (Phi) is 4.55. The Morgan fingerprint density at radius 3 is 2.61 bits per heavy atom. The summed E-state index contributed by atoms with van der Waals surface area (Å²) in [5.41, 5.74) is 0.437. The number of rotatable bonds is 3. The van der Waals surface area contributed by atoms with Gasteiger partial charge in [0.05, 0.1) is 16.0 Å². The van der Waals surface area contributed by atoms with Crippen LogP contribution in [0.1, 0.15) is 24.3 Å². The summed E-state index contributed by atoms with van der Waals surface area (Å²) in [5.74, 6) is -0.800. The summed E-state index contributed by atoms with van der Waals surface area (Å²) in [6.07, 6.45) is -2.13. The van der Waals surface area contributed by atoms with E-state index in [1.807, 2.05) is 12.1 Å². The van der Waals surface area contributed by atoms with E-state index in [1.54, 1.807) is 29.7 Å². The van der Waals surface area contributed by atoms with Gasteiger partial charge in [0.25, 0.3) is 0 Å². The van der Waals surface area contributed by atoms with Crippen LogP contribution in [0.5, 0.6) is 0 Å². The number of pyridine rings is 1. The van der Waals surface area contributed by atoms with E-state index in [9.17, 15) is 17.6 Å². The third-order valence-corrected chi connectivity index (χ3v) is 6.42. The lowest BCUT2D eigenvalue weighted by molar-refractivity contribution is -0.139. The Bertz CT molecular complexity index is 1450. The molecule has 7 heteroatoms. The number of aromatic nitrogens is 1. The average molecular weight is 443 g/mol. The number of nitrogens with zero attached hydrogens (tertiary/aromatic N) is 1. The molecular formula is C24H17F4NOS. The molecule has 0 aliphatic carbocycles. The normalized spacial score (nSPS) is 12.6. The molecule has 31 heavy (non-hydrogen) atoms. The first kappa shape index (κ1) is 20.0. The molecule has 0 spiro atoms. The van der Waals surface area contributed by atoms with Gasteiger partial charge < -0.3 is 4.42 Å². The van der Waals surface area contributed by atoms with E-state index in [-0.39, 0.29) is 5.58 Å². The average Bonchev–Trinajstić information content (AvgIpc) is 3.26. The fourth-order valence-electron chi connectivity index (χ4n) is 3.93. The molecule has 2 nitrogen and oxygen atoms in total. The van der Waals surface area contributed by atoms with Gasteiger partial charge in [-0.1, -0.05) is 26.0 Å². The Morgan fingerprint density at radius 1 is 1.06 bits per heavy atom. The Hall–Kier alpha value is -2.93. The molecule has 3 heterocycles. The molecule has 0 bridgehead atoms. The quantitative estimate of drug-likeness (QED) is 0.263. The molecule has 0 saturated heterocycles. The summed E-state index contributed by atoms with van der Waals surface area (Å²) in [5, 5.41) is 1.92. The first-order valence-electron chi connectivity index (χ1n) is 9.82. The van der Waals surface area contributed by atoms with Gasteiger partial charge in [0.2, 0.25) is 0 Å². The van der Waals surface area contributed by atoms with Gasteiger partial charge in [-0.25, -0.2) is 4.39 Å². The van der Waals surface area contributed by atoms with Crippen LogP contribution < -0.4 is 0 Å².